The first-order valence-electron chi connectivity index (χ1n) is 1.01. The average Bonchev–Trinajstić information content (AvgIpc) is 1.27. The van der Waals surface area contributed by atoms with Crippen molar-refractivity contribution < 1.29 is 38.4 Å². The van der Waals surface area contributed by atoms with Crippen LogP contribution in [0.2, 0.25) is 0 Å². The smallest absolute Gasteiger partial charge is 0.264 e. The SMILES string of the molecule is ClOCl.O=S(=O)(O)O.[Cu]. The maximum absolute atomic E-state index is 8.74. The molecule has 0 aliphatic carbocycles. The molecule has 0 aromatic heterocycles. The van der Waals surface area contributed by atoms with Gasteiger partial charge in [-0.2, -0.15) is 12.3 Å². The molecule has 0 aliphatic rings. The Morgan fingerprint density at radius 1 is 1.22 bits per heavy atom. The van der Waals surface area contributed by atoms with E-state index in [1.165, 1.54) is 0 Å². The number of hydrogen-bond donors (Lipinski definition) is 2. The van der Waals surface area contributed by atoms with Gasteiger partial charge in [-0.05, 0) is 0 Å². The van der Waals surface area contributed by atoms with Crippen molar-refractivity contribution in [3.63, 3.8) is 0 Å². The molecule has 2 N–H and O–H groups in total. The zero-order chi connectivity index (χ0) is 7.21. The quantitative estimate of drug-likeness (QED) is 0.486. The molecule has 63 valence electrons. The zero-order valence-electron chi connectivity index (χ0n) is 3.58. The first-order chi connectivity index (χ1) is 3.41. The topological polar surface area (TPSA) is 83.8 Å². The van der Waals surface area contributed by atoms with Gasteiger partial charge in [-0.1, -0.05) is 0 Å². The van der Waals surface area contributed by atoms with Crippen LogP contribution in [0.4, 0.5) is 0 Å². The van der Waals surface area contributed by atoms with Crippen LogP contribution in [0.3, 0.4) is 0 Å². The van der Waals surface area contributed by atoms with Gasteiger partial charge in [0, 0.05) is 17.1 Å². The van der Waals surface area contributed by atoms with Gasteiger partial charge >= 0.3 is 10.4 Å². The summed E-state index contributed by atoms with van der Waals surface area (Å²) in [5.74, 6) is 0. The van der Waals surface area contributed by atoms with Crippen LogP contribution in [0.25, 0.3) is 0 Å². The fraction of sp³-hybridized carbons (Fsp3) is 0. The second-order valence-corrected chi connectivity index (χ2v) is 1.87. The molecule has 9 heavy (non-hydrogen) atoms. The van der Waals surface area contributed by atoms with E-state index >= 15 is 0 Å². The average molecular weight is 249 g/mol. The molecule has 0 saturated carbocycles. The van der Waals surface area contributed by atoms with Crippen LogP contribution in [0.5, 0.6) is 0 Å². The van der Waals surface area contributed by atoms with Crippen molar-refractivity contribution in [2.75, 3.05) is 0 Å². The van der Waals surface area contributed by atoms with Crippen molar-refractivity contribution >= 4 is 34.1 Å². The van der Waals surface area contributed by atoms with E-state index in [4.69, 9.17) is 17.5 Å². The van der Waals surface area contributed by atoms with Crippen molar-refractivity contribution in [3.05, 3.63) is 0 Å². The summed E-state index contributed by atoms with van der Waals surface area (Å²) in [7, 11) is -4.67. The molecule has 0 aliphatic heterocycles. The van der Waals surface area contributed by atoms with E-state index in [1.54, 1.807) is 0 Å². The molecular formula is H2Cl2CuO5S. The summed E-state index contributed by atoms with van der Waals surface area (Å²) in [6.07, 6.45) is 0. The van der Waals surface area contributed by atoms with Gasteiger partial charge in [-0.3, -0.25) is 9.11 Å². The molecule has 0 aromatic carbocycles. The van der Waals surface area contributed by atoms with Crippen molar-refractivity contribution in [3.8, 4) is 0 Å². The van der Waals surface area contributed by atoms with E-state index in [0.717, 1.165) is 0 Å². The van der Waals surface area contributed by atoms with Gasteiger partial charge in [-0.15, -0.1) is 0 Å². The number of halogens is 2. The van der Waals surface area contributed by atoms with Crippen LogP contribution in [-0.2, 0) is 31.3 Å². The van der Waals surface area contributed by atoms with Crippen molar-refractivity contribution in [1.29, 1.82) is 0 Å². The van der Waals surface area contributed by atoms with E-state index in [2.05, 4.69) is 27.6 Å². The van der Waals surface area contributed by atoms with Gasteiger partial charge in [-0.25, -0.2) is 0 Å². The predicted molar refractivity (Wildman–Crippen MR) is 27.0 cm³/mol. The second kappa shape index (κ2) is 8.93. The summed E-state index contributed by atoms with van der Waals surface area (Å²) < 4.78 is 34.8. The Balaban J connectivity index is -0.0000000800. The minimum Gasteiger partial charge on any atom is -0.264 e. The van der Waals surface area contributed by atoms with Crippen LogP contribution in [-0.4, -0.2) is 17.5 Å². The predicted octanol–water partition coefficient (Wildman–Crippen LogP) is 0.655. The van der Waals surface area contributed by atoms with E-state index in [-0.39, 0.29) is 17.1 Å². The molecule has 0 amide bonds. The van der Waals surface area contributed by atoms with Gasteiger partial charge < -0.3 is 0 Å². The van der Waals surface area contributed by atoms with Gasteiger partial charge in [0.15, 0.2) is 0 Å². The Bertz CT molecular complexity index is 109. The van der Waals surface area contributed by atoms with Crippen LogP contribution < -0.4 is 0 Å². The fourth-order valence-corrected chi connectivity index (χ4v) is 0. The van der Waals surface area contributed by atoms with Crippen LogP contribution in [0.1, 0.15) is 0 Å². The number of hydrogen-bond acceptors (Lipinski definition) is 3. The molecule has 0 atom stereocenters. The van der Waals surface area contributed by atoms with Crippen molar-refractivity contribution in [2.24, 2.45) is 0 Å². The second-order valence-electron chi connectivity index (χ2n) is 0.506. The Morgan fingerprint density at radius 2 is 1.22 bits per heavy atom. The molecule has 0 bridgehead atoms. The van der Waals surface area contributed by atoms with E-state index in [1.807, 2.05) is 0 Å². The summed E-state index contributed by atoms with van der Waals surface area (Å²) in [6, 6.07) is 0. The molecule has 9 heteroatoms. The van der Waals surface area contributed by atoms with E-state index in [9.17, 15) is 0 Å². The van der Waals surface area contributed by atoms with Crippen LogP contribution >= 0.6 is 23.7 Å². The maximum Gasteiger partial charge on any atom is 0.394 e. The maximum atomic E-state index is 8.74. The van der Waals surface area contributed by atoms with Crippen molar-refractivity contribution in [1.82, 2.24) is 0 Å². The minimum atomic E-state index is -4.67. The number of rotatable bonds is 0. The van der Waals surface area contributed by atoms with Gasteiger partial charge in [0.1, 0.15) is 0 Å². The molecule has 0 spiro atoms. The first-order valence-corrected chi connectivity index (χ1v) is 3.02. The fourth-order valence-electron chi connectivity index (χ4n) is 0. The molecule has 0 unspecified atom stereocenters. The standard InChI is InChI=1S/Cl2O.Cu.H2O4S/c1-3-2;;1-5(2,3)4/h;;(H2,1,2,3,4). The van der Waals surface area contributed by atoms with Crippen molar-refractivity contribution in [2.45, 2.75) is 0 Å². The largest absolute Gasteiger partial charge is 0.394 e. The van der Waals surface area contributed by atoms with Crippen LogP contribution in [0, 0.1) is 0 Å². The van der Waals surface area contributed by atoms with E-state index in [0.29, 0.717) is 0 Å². The third kappa shape index (κ3) is 496. The van der Waals surface area contributed by atoms with Gasteiger partial charge in [0.2, 0.25) is 0 Å². The summed E-state index contributed by atoms with van der Waals surface area (Å²) in [4.78, 5) is 0. The third-order valence-corrected chi connectivity index (χ3v) is 0. The molecule has 5 nitrogen and oxygen atoms in total. The summed E-state index contributed by atoms with van der Waals surface area (Å²) in [5.41, 5.74) is 0. The van der Waals surface area contributed by atoms with Crippen LogP contribution in [0.15, 0.2) is 0 Å². The van der Waals surface area contributed by atoms with Gasteiger partial charge in [0.05, 0.1) is 23.7 Å². The molecule has 1 radical (unpaired) electrons. The summed E-state index contributed by atoms with van der Waals surface area (Å²) >= 11 is 8.53. The van der Waals surface area contributed by atoms with Gasteiger partial charge in [0.25, 0.3) is 0 Å². The summed E-state index contributed by atoms with van der Waals surface area (Å²) in [6.45, 7) is 0. The molecule has 0 saturated heterocycles. The monoisotopic (exact) mass is 247 g/mol. The molecule has 0 fully saturated rings. The Morgan fingerprint density at radius 3 is 1.22 bits per heavy atom. The molecule has 0 aromatic rings. The molecular weight excluding hydrogens is 247 g/mol. The van der Waals surface area contributed by atoms with E-state index < -0.39 is 10.4 Å². The Kier molecular flexibility index (Phi) is 16.4. The summed E-state index contributed by atoms with van der Waals surface area (Å²) in [5, 5.41) is 0. The molecule has 0 heterocycles. The first kappa shape index (κ1) is 16.5. The minimum absolute atomic E-state index is 0. The normalized spacial score (nSPS) is 8.44. The zero-order valence-corrected chi connectivity index (χ0v) is 6.85. The third-order valence-electron chi connectivity index (χ3n) is 0. The Hall–Kier alpha value is 0.929. The molecule has 0 rings (SSSR count). The Labute approximate surface area is 72.7 Å².